The summed E-state index contributed by atoms with van der Waals surface area (Å²) in [6.07, 6.45) is 0.488. The molecule has 0 saturated carbocycles. The molecule has 0 bridgehead atoms. The lowest BCUT2D eigenvalue weighted by molar-refractivity contribution is -0.147. The molecule has 0 aliphatic rings. The Kier molecular flexibility index (Phi) is 6.51. The molecule has 0 aromatic heterocycles. The van der Waals surface area contributed by atoms with E-state index in [2.05, 4.69) is 4.72 Å². The van der Waals surface area contributed by atoms with Gasteiger partial charge in [-0.1, -0.05) is 0 Å². The first-order valence-corrected chi connectivity index (χ1v) is 9.22. The van der Waals surface area contributed by atoms with Gasteiger partial charge in [-0.05, 0) is 72.1 Å². The largest absolute Gasteiger partial charge is 0.481 e. The monoisotopic (exact) mass is 375 g/mol. The van der Waals surface area contributed by atoms with Crippen molar-refractivity contribution in [3.63, 3.8) is 0 Å². The summed E-state index contributed by atoms with van der Waals surface area (Å²) in [6, 6.07) is 3.14. The Morgan fingerprint density at radius 2 is 1.52 bits per heavy atom. The fraction of sp³-hybridized carbons (Fsp3) is 0.611. The molecule has 25 heavy (non-hydrogen) atoms. The van der Waals surface area contributed by atoms with Gasteiger partial charge in [0.25, 0.3) is 0 Å². The molecule has 0 amide bonds. The van der Waals surface area contributed by atoms with E-state index >= 15 is 0 Å². The first-order valence-electron chi connectivity index (χ1n) is 8.07. The standard InChI is InChI=1S/C18H27F2NO3S/c1-16(2,3)25(24)21-18(6,8-7-17(4,5)15(22)23)12-9-13(19)11-14(20)10-12/h9-11,21H,7-8H2,1-6H3,(H,22,23)/t18-,25?/m0/s1. The molecule has 142 valence electrons. The van der Waals surface area contributed by atoms with Crippen molar-refractivity contribution in [3.8, 4) is 0 Å². The Bertz CT molecular complexity index is 651. The number of rotatable bonds is 7. The van der Waals surface area contributed by atoms with Gasteiger partial charge in [0.05, 0.1) is 26.7 Å². The minimum Gasteiger partial charge on any atom is -0.481 e. The summed E-state index contributed by atoms with van der Waals surface area (Å²) in [5.41, 5.74) is -1.77. The first kappa shape index (κ1) is 21.7. The van der Waals surface area contributed by atoms with Gasteiger partial charge in [0, 0.05) is 6.07 Å². The second kappa shape index (κ2) is 7.50. The molecule has 7 heteroatoms. The zero-order valence-electron chi connectivity index (χ0n) is 15.6. The fourth-order valence-corrected chi connectivity index (χ4v) is 3.09. The predicted octanol–water partition coefficient (Wildman–Crippen LogP) is 4.12. The summed E-state index contributed by atoms with van der Waals surface area (Å²) in [5, 5.41) is 9.31. The number of nitrogens with one attached hydrogen (secondary N) is 1. The van der Waals surface area contributed by atoms with Crippen LogP contribution in [-0.4, -0.2) is 20.0 Å². The van der Waals surface area contributed by atoms with Crippen LogP contribution >= 0.6 is 0 Å². The first-order chi connectivity index (χ1) is 11.2. The minimum absolute atomic E-state index is 0.241. The zero-order valence-corrected chi connectivity index (χ0v) is 16.4. The molecule has 0 heterocycles. The van der Waals surface area contributed by atoms with Crippen molar-refractivity contribution in [2.75, 3.05) is 0 Å². The Labute approximate surface area is 150 Å². The maximum absolute atomic E-state index is 13.7. The summed E-state index contributed by atoms with van der Waals surface area (Å²) < 4.78 is 42.3. The van der Waals surface area contributed by atoms with Crippen molar-refractivity contribution >= 4 is 17.0 Å². The zero-order chi connectivity index (χ0) is 19.6. The van der Waals surface area contributed by atoms with Gasteiger partial charge in [-0.2, -0.15) is 0 Å². The topological polar surface area (TPSA) is 66.4 Å². The van der Waals surface area contributed by atoms with Gasteiger partial charge in [-0.25, -0.2) is 17.7 Å². The summed E-state index contributed by atoms with van der Waals surface area (Å²) in [5.74, 6) is -2.43. The molecule has 1 unspecified atom stereocenters. The van der Waals surface area contributed by atoms with Crippen LogP contribution in [0.1, 0.15) is 59.9 Å². The van der Waals surface area contributed by atoms with Crippen molar-refractivity contribution in [2.45, 2.75) is 64.7 Å². The number of hydrogen-bond acceptors (Lipinski definition) is 2. The number of benzene rings is 1. The lowest BCUT2D eigenvalue weighted by Gasteiger charge is -2.36. The van der Waals surface area contributed by atoms with Crippen molar-refractivity contribution in [1.82, 2.24) is 4.72 Å². The summed E-state index contributed by atoms with van der Waals surface area (Å²) >= 11 is 0. The van der Waals surface area contributed by atoms with E-state index in [1.807, 2.05) is 0 Å². The quantitative estimate of drug-likeness (QED) is 0.753. The third-order valence-corrected chi connectivity index (χ3v) is 5.95. The molecule has 0 spiro atoms. The SMILES string of the molecule is CC(C)(CC[C@](C)(NS(=O)C(C)(C)C)c1cc(F)cc(F)c1)C(=O)O. The van der Waals surface area contributed by atoms with Gasteiger partial charge in [0.1, 0.15) is 11.6 Å². The van der Waals surface area contributed by atoms with Crippen LogP contribution in [0.3, 0.4) is 0 Å². The van der Waals surface area contributed by atoms with Gasteiger partial charge in [-0.3, -0.25) is 4.79 Å². The highest BCUT2D eigenvalue weighted by Gasteiger charge is 2.36. The van der Waals surface area contributed by atoms with Crippen LogP contribution in [0.25, 0.3) is 0 Å². The Hall–Kier alpha value is -1.34. The molecule has 0 fully saturated rings. The highest BCUT2D eigenvalue weighted by atomic mass is 32.2. The van der Waals surface area contributed by atoms with Crippen molar-refractivity contribution in [2.24, 2.45) is 5.41 Å². The molecule has 1 aromatic rings. The molecule has 1 rings (SSSR count). The Balaban J connectivity index is 3.26. The third-order valence-electron chi connectivity index (χ3n) is 4.20. The molecule has 0 aliphatic heterocycles. The smallest absolute Gasteiger partial charge is 0.309 e. The average molecular weight is 375 g/mol. The molecule has 4 nitrogen and oxygen atoms in total. The second-order valence-corrected chi connectivity index (χ2v) is 10.1. The van der Waals surface area contributed by atoms with E-state index in [1.165, 1.54) is 12.1 Å². The number of aliphatic carboxylic acids is 1. The van der Waals surface area contributed by atoms with E-state index in [0.29, 0.717) is 5.56 Å². The van der Waals surface area contributed by atoms with Crippen LogP contribution in [0.15, 0.2) is 18.2 Å². The molecule has 2 atom stereocenters. The third kappa shape index (κ3) is 5.85. The summed E-state index contributed by atoms with van der Waals surface area (Å²) in [7, 11) is -1.50. The van der Waals surface area contributed by atoms with Gasteiger partial charge in [0.2, 0.25) is 0 Å². The number of carboxylic acids is 1. The lowest BCUT2D eigenvalue weighted by atomic mass is 9.80. The van der Waals surface area contributed by atoms with Crippen LogP contribution < -0.4 is 4.72 Å². The van der Waals surface area contributed by atoms with E-state index < -0.39 is 44.3 Å². The van der Waals surface area contributed by atoms with Gasteiger partial charge < -0.3 is 5.11 Å². The van der Waals surface area contributed by atoms with Gasteiger partial charge in [-0.15, -0.1) is 0 Å². The molecule has 0 aliphatic carbocycles. The molecule has 0 saturated heterocycles. The van der Waals surface area contributed by atoms with Crippen molar-refractivity contribution in [3.05, 3.63) is 35.4 Å². The maximum atomic E-state index is 13.7. The van der Waals surface area contributed by atoms with Crippen LogP contribution in [0.4, 0.5) is 8.78 Å². The van der Waals surface area contributed by atoms with E-state index in [0.717, 1.165) is 6.07 Å². The lowest BCUT2D eigenvalue weighted by Crippen LogP contribution is -2.47. The van der Waals surface area contributed by atoms with E-state index in [9.17, 15) is 22.9 Å². The normalized spacial score (nSPS) is 16.3. The minimum atomic E-state index is -1.50. The highest BCUT2D eigenvalue weighted by Crippen LogP contribution is 2.34. The van der Waals surface area contributed by atoms with Crippen LogP contribution in [0.5, 0.6) is 0 Å². The highest BCUT2D eigenvalue weighted by molar-refractivity contribution is 7.84. The predicted molar refractivity (Wildman–Crippen MR) is 95.4 cm³/mol. The van der Waals surface area contributed by atoms with E-state index in [-0.39, 0.29) is 12.8 Å². The number of carboxylic acid groups (broad SMARTS) is 1. The molecule has 2 N–H and O–H groups in total. The molecular weight excluding hydrogens is 348 g/mol. The van der Waals surface area contributed by atoms with E-state index in [1.54, 1.807) is 41.5 Å². The van der Waals surface area contributed by atoms with Crippen LogP contribution in [0, 0.1) is 17.0 Å². The summed E-state index contributed by atoms with van der Waals surface area (Å²) in [4.78, 5) is 11.4. The molecule has 1 aromatic carbocycles. The number of hydrogen-bond donors (Lipinski definition) is 2. The van der Waals surface area contributed by atoms with Crippen molar-refractivity contribution in [1.29, 1.82) is 0 Å². The van der Waals surface area contributed by atoms with Crippen LogP contribution in [-0.2, 0) is 21.3 Å². The molecular formula is C18H27F2NO3S. The second-order valence-electron chi connectivity index (χ2n) is 8.16. The number of halogens is 2. The van der Waals surface area contributed by atoms with Crippen LogP contribution in [0.2, 0.25) is 0 Å². The summed E-state index contributed by atoms with van der Waals surface area (Å²) in [6.45, 7) is 10.2. The Morgan fingerprint density at radius 3 is 1.92 bits per heavy atom. The fourth-order valence-electron chi connectivity index (χ4n) is 2.15. The van der Waals surface area contributed by atoms with Gasteiger partial charge in [0.15, 0.2) is 0 Å². The molecule has 0 radical (unpaired) electrons. The Morgan fingerprint density at radius 1 is 1.04 bits per heavy atom. The number of carbonyl (C=O) groups is 1. The van der Waals surface area contributed by atoms with Crippen molar-refractivity contribution < 1.29 is 22.9 Å². The maximum Gasteiger partial charge on any atom is 0.309 e. The average Bonchev–Trinajstić information content (AvgIpc) is 2.43. The van der Waals surface area contributed by atoms with E-state index in [4.69, 9.17) is 0 Å². The van der Waals surface area contributed by atoms with Gasteiger partial charge >= 0.3 is 5.97 Å².